The number of carbonyl (C=O) groups is 1. The maximum absolute atomic E-state index is 8.36. The number of nitrogens with zero attached hydrogens (tertiary/aromatic N) is 2. The van der Waals surface area contributed by atoms with Crippen molar-refractivity contribution in [1.82, 2.24) is 9.97 Å². The second-order valence-electron chi connectivity index (χ2n) is 3.54. The van der Waals surface area contributed by atoms with Gasteiger partial charge in [0.05, 0.1) is 20.9 Å². The number of rotatable bonds is 2. The van der Waals surface area contributed by atoms with E-state index < -0.39 is 0 Å². The average molecular weight is 293 g/mol. The lowest BCUT2D eigenvalue weighted by molar-refractivity contribution is -0.122. The van der Waals surface area contributed by atoms with Crippen molar-refractivity contribution in [3.05, 3.63) is 39.8 Å². The van der Waals surface area contributed by atoms with Crippen molar-refractivity contribution in [3.63, 3.8) is 0 Å². The van der Waals surface area contributed by atoms with Gasteiger partial charge < -0.3 is 10.8 Å². The highest BCUT2D eigenvalue weighted by Crippen LogP contribution is 2.30. The molecule has 0 aromatic carbocycles. The van der Waals surface area contributed by atoms with E-state index in [1.807, 2.05) is 17.6 Å². The summed E-state index contributed by atoms with van der Waals surface area (Å²) in [5.74, 6) is 0. The van der Waals surface area contributed by atoms with Gasteiger partial charge in [0.2, 0.25) is 0 Å². The predicted octanol–water partition coefficient (Wildman–Crippen LogP) is 2.63. The third-order valence-electron chi connectivity index (χ3n) is 2.30. The van der Waals surface area contributed by atoms with Gasteiger partial charge in [0.15, 0.2) is 0 Å². The van der Waals surface area contributed by atoms with Gasteiger partial charge in [0.1, 0.15) is 0 Å². The average Bonchev–Trinajstić information content (AvgIpc) is 3.00. The minimum atomic E-state index is -0.250. The molecule has 3 heterocycles. The summed E-state index contributed by atoms with van der Waals surface area (Å²) in [6.45, 7) is -0.250. The quantitative estimate of drug-likeness (QED) is 0.709. The Labute approximate surface area is 117 Å². The van der Waals surface area contributed by atoms with Crippen molar-refractivity contribution in [2.75, 3.05) is 5.73 Å². The number of aromatic nitrogens is 2. The Kier molecular flexibility index (Phi) is 4.43. The highest BCUT2D eigenvalue weighted by molar-refractivity contribution is 7.19. The zero-order chi connectivity index (χ0) is 13.7. The largest absolute Gasteiger partial charge is 0.483 e. The van der Waals surface area contributed by atoms with E-state index in [2.05, 4.69) is 16.0 Å². The van der Waals surface area contributed by atoms with Crippen molar-refractivity contribution in [3.8, 4) is 0 Å². The van der Waals surface area contributed by atoms with Gasteiger partial charge in [-0.1, -0.05) is 0 Å². The monoisotopic (exact) mass is 293 g/mol. The molecule has 7 heteroatoms. The second-order valence-corrected chi connectivity index (χ2v) is 5.65. The summed E-state index contributed by atoms with van der Waals surface area (Å²) in [5.41, 5.74) is 7.69. The molecule has 0 aliphatic heterocycles. The zero-order valence-electron chi connectivity index (χ0n) is 9.81. The summed E-state index contributed by atoms with van der Waals surface area (Å²) in [6.07, 6.45) is 4.45. The van der Waals surface area contributed by atoms with Gasteiger partial charge in [-0.15, -0.1) is 22.7 Å². The topological polar surface area (TPSA) is 89.1 Å². The summed E-state index contributed by atoms with van der Waals surface area (Å²) in [7, 11) is 0. The summed E-state index contributed by atoms with van der Waals surface area (Å²) in [5, 5.41) is 10.0. The number of hydrogen-bond acceptors (Lipinski definition) is 6. The van der Waals surface area contributed by atoms with Crippen LogP contribution in [-0.4, -0.2) is 21.5 Å². The van der Waals surface area contributed by atoms with E-state index >= 15 is 0 Å². The fraction of sp³-hybridized carbons (Fsp3) is 0.0833. The van der Waals surface area contributed by atoms with Gasteiger partial charge in [-0.25, -0.2) is 4.98 Å². The summed E-state index contributed by atoms with van der Waals surface area (Å²) < 4.78 is 1.08. The summed E-state index contributed by atoms with van der Waals surface area (Å²) in [6, 6.07) is 3.93. The Morgan fingerprint density at radius 2 is 2.16 bits per heavy atom. The number of anilines is 1. The molecule has 0 radical (unpaired) electrons. The van der Waals surface area contributed by atoms with Crippen LogP contribution in [0.4, 0.5) is 5.69 Å². The van der Waals surface area contributed by atoms with Crippen molar-refractivity contribution in [1.29, 1.82) is 0 Å². The maximum Gasteiger partial charge on any atom is 0.290 e. The standard InChI is InChI=1S/C11H9N3S2.CH2O2/c12-8-1-2-13-9-5-7(16-11(8)9)6-10-14-3-4-15-10;2-1-3/h1-5H,6H2,(H2,12,13);1H,(H,2,3). The molecule has 19 heavy (non-hydrogen) atoms. The third-order valence-corrected chi connectivity index (χ3v) is 4.26. The Morgan fingerprint density at radius 1 is 1.37 bits per heavy atom. The van der Waals surface area contributed by atoms with Crippen LogP contribution in [0, 0.1) is 0 Å². The van der Waals surface area contributed by atoms with Crippen LogP contribution >= 0.6 is 22.7 Å². The molecule has 5 nitrogen and oxygen atoms in total. The lowest BCUT2D eigenvalue weighted by atomic mass is 10.3. The van der Waals surface area contributed by atoms with E-state index in [-0.39, 0.29) is 6.47 Å². The first kappa shape index (κ1) is 13.4. The molecule has 0 spiro atoms. The van der Waals surface area contributed by atoms with Crippen LogP contribution < -0.4 is 5.73 Å². The van der Waals surface area contributed by atoms with E-state index in [4.69, 9.17) is 15.6 Å². The number of nitrogen functional groups attached to an aromatic ring is 1. The van der Waals surface area contributed by atoms with Crippen molar-refractivity contribution in [2.24, 2.45) is 0 Å². The Morgan fingerprint density at radius 3 is 2.79 bits per heavy atom. The lowest BCUT2D eigenvalue weighted by Crippen LogP contribution is -1.83. The molecule has 0 fully saturated rings. The number of fused-ring (bicyclic) bond motifs is 1. The number of pyridine rings is 1. The first-order valence-electron chi connectivity index (χ1n) is 5.33. The van der Waals surface area contributed by atoms with Crippen molar-refractivity contribution in [2.45, 2.75) is 6.42 Å². The van der Waals surface area contributed by atoms with Gasteiger partial charge in [0.25, 0.3) is 6.47 Å². The molecule has 0 aliphatic rings. The second kappa shape index (κ2) is 6.26. The van der Waals surface area contributed by atoms with Gasteiger partial charge in [-0.05, 0) is 12.1 Å². The SMILES string of the molecule is Nc1ccnc2cc(Cc3nccs3)sc12.O=CO. The molecule has 0 bridgehead atoms. The number of nitrogens with two attached hydrogens (primary N) is 1. The molecule has 0 aliphatic carbocycles. The first-order valence-corrected chi connectivity index (χ1v) is 7.03. The van der Waals surface area contributed by atoms with Crippen LogP contribution in [0.1, 0.15) is 9.88 Å². The summed E-state index contributed by atoms with van der Waals surface area (Å²) >= 11 is 3.38. The van der Waals surface area contributed by atoms with Crippen LogP contribution in [0.2, 0.25) is 0 Å². The molecule has 0 amide bonds. The normalized spacial score (nSPS) is 9.89. The van der Waals surface area contributed by atoms with Crippen LogP contribution in [0.3, 0.4) is 0 Å². The zero-order valence-corrected chi connectivity index (χ0v) is 11.4. The highest BCUT2D eigenvalue weighted by Gasteiger charge is 2.07. The molecule has 0 unspecified atom stereocenters. The van der Waals surface area contributed by atoms with Gasteiger partial charge in [-0.3, -0.25) is 9.78 Å². The predicted molar refractivity (Wildman–Crippen MR) is 77.6 cm³/mol. The number of thiazole rings is 1. The van der Waals surface area contributed by atoms with E-state index in [1.165, 1.54) is 4.88 Å². The molecule has 3 N–H and O–H groups in total. The van der Waals surface area contributed by atoms with Crippen molar-refractivity contribution >= 4 is 45.0 Å². The molecule has 0 saturated heterocycles. The fourth-order valence-electron chi connectivity index (χ4n) is 1.58. The van der Waals surface area contributed by atoms with Gasteiger partial charge in [0, 0.05) is 29.1 Å². The highest BCUT2D eigenvalue weighted by atomic mass is 32.1. The lowest BCUT2D eigenvalue weighted by Gasteiger charge is -1.91. The first-order chi connectivity index (χ1) is 9.24. The molecule has 0 atom stereocenters. The van der Waals surface area contributed by atoms with E-state index in [9.17, 15) is 0 Å². The van der Waals surface area contributed by atoms with Crippen LogP contribution in [0.5, 0.6) is 0 Å². The van der Waals surface area contributed by atoms with Crippen molar-refractivity contribution < 1.29 is 9.90 Å². The number of carboxylic acid groups (broad SMARTS) is 1. The molecule has 3 aromatic heterocycles. The number of thiophene rings is 1. The van der Waals surface area contributed by atoms with E-state index in [0.717, 1.165) is 27.3 Å². The molecule has 3 rings (SSSR count). The third kappa shape index (κ3) is 3.27. The smallest absolute Gasteiger partial charge is 0.290 e. The Hall–Kier alpha value is -1.99. The molecule has 98 valence electrons. The fourth-order valence-corrected chi connectivity index (χ4v) is 3.36. The van der Waals surface area contributed by atoms with E-state index in [1.54, 1.807) is 28.9 Å². The van der Waals surface area contributed by atoms with Gasteiger partial charge >= 0.3 is 0 Å². The van der Waals surface area contributed by atoms with Gasteiger partial charge in [-0.2, -0.15) is 0 Å². The Balaban J connectivity index is 0.000000408. The minimum Gasteiger partial charge on any atom is -0.483 e. The summed E-state index contributed by atoms with van der Waals surface area (Å²) in [4.78, 5) is 18.2. The Bertz CT molecular complexity index is 665. The van der Waals surface area contributed by atoms with Crippen LogP contribution in [0.25, 0.3) is 10.2 Å². The maximum atomic E-state index is 8.36. The minimum absolute atomic E-state index is 0.250. The van der Waals surface area contributed by atoms with Crippen LogP contribution in [0.15, 0.2) is 29.9 Å². The molecule has 3 aromatic rings. The molecule has 0 saturated carbocycles. The number of hydrogen-bond donors (Lipinski definition) is 2. The molecular weight excluding hydrogens is 282 g/mol. The van der Waals surface area contributed by atoms with Crippen LogP contribution in [-0.2, 0) is 11.2 Å². The van der Waals surface area contributed by atoms with E-state index in [0.29, 0.717) is 0 Å². The molecular formula is C12H11N3O2S2.